The van der Waals surface area contributed by atoms with Gasteiger partial charge in [-0.25, -0.2) is 4.68 Å². The SMILES string of the molecule is COc1ccccc1COc1nn(Cc2ccccc2Cl)c(N)c1C#N. The zero-order valence-electron chi connectivity index (χ0n) is 14.1. The van der Waals surface area contributed by atoms with Gasteiger partial charge in [0, 0.05) is 10.6 Å². The van der Waals surface area contributed by atoms with Crippen molar-refractivity contribution in [3.05, 3.63) is 70.2 Å². The number of nitriles is 1. The monoisotopic (exact) mass is 368 g/mol. The number of para-hydroxylation sites is 1. The number of aromatic nitrogens is 2. The molecule has 0 amide bonds. The second-order valence-corrected chi connectivity index (χ2v) is 5.93. The van der Waals surface area contributed by atoms with Crippen molar-refractivity contribution in [2.45, 2.75) is 13.2 Å². The minimum absolute atomic E-state index is 0.183. The Morgan fingerprint density at radius 2 is 1.85 bits per heavy atom. The van der Waals surface area contributed by atoms with E-state index in [9.17, 15) is 5.26 Å². The molecule has 1 aromatic heterocycles. The predicted octanol–water partition coefficient (Wildman–Crippen LogP) is 3.63. The molecule has 6 nitrogen and oxygen atoms in total. The highest BCUT2D eigenvalue weighted by Gasteiger charge is 2.18. The molecule has 0 aliphatic rings. The minimum Gasteiger partial charge on any atom is -0.496 e. The first-order valence-corrected chi connectivity index (χ1v) is 8.26. The molecule has 0 saturated carbocycles. The van der Waals surface area contributed by atoms with E-state index < -0.39 is 0 Å². The third-order valence-corrected chi connectivity index (χ3v) is 4.28. The van der Waals surface area contributed by atoms with Crippen LogP contribution in [0.15, 0.2) is 48.5 Å². The summed E-state index contributed by atoms with van der Waals surface area (Å²) in [7, 11) is 1.59. The summed E-state index contributed by atoms with van der Waals surface area (Å²) in [5, 5.41) is 14.4. The minimum atomic E-state index is 0.183. The van der Waals surface area contributed by atoms with Crippen LogP contribution in [0.3, 0.4) is 0 Å². The van der Waals surface area contributed by atoms with E-state index in [0.717, 1.165) is 11.1 Å². The summed E-state index contributed by atoms with van der Waals surface area (Å²) < 4.78 is 12.6. The van der Waals surface area contributed by atoms with Gasteiger partial charge < -0.3 is 15.2 Å². The second kappa shape index (κ2) is 7.81. The van der Waals surface area contributed by atoms with Crippen molar-refractivity contribution >= 4 is 17.4 Å². The van der Waals surface area contributed by atoms with Crippen LogP contribution in [0.4, 0.5) is 5.82 Å². The van der Waals surface area contributed by atoms with Gasteiger partial charge in [0.1, 0.15) is 24.2 Å². The van der Waals surface area contributed by atoms with Gasteiger partial charge in [0.15, 0.2) is 5.56 Å². The summed E-state index contributed by atoms with van der Waals surface area (Å²) in [6.45, 7) is 0.555. The molecule has 1 heterocycles. The molecule has 0 aliphatic carbocycles. The number of methoxy groups -OCH3 is 1. The smallest absolute Gasteiger partial charge is 0.253 e. The van der Waals surface area contributed by atoms with Gasteiger partial charge in [0.2, 0.25) is 0 Å². The third-order valence-electron chi connectivity index (χ3n) is 3.91. The zero-order chi connectivity index (χ0) is 18.5. The molecule has 0 fully saturated rings. The molecule has 132 valence electrons. The van der Waals surface area contributed by atoms with Gasteiger partial charge in [-0.05, 0) is 17.7 Å². The third kappa shape index (κ3) is 3.58. The Morgan fingerprint density at radius 1 is 1.15 bits per heavy atom. The maximum Gasteiger partial charge on any atom is 0.253 e. The fourth-order valence-electron chi connectivity index (χ4n) is 2.54. The fraction of sp³-hybridized carbons (Fsp3) is 0.158. The molecule has 0 aliphatic heterocycles. The number of nitrogens with zero attached hydrogens (tertiary/aromatic N) is 3. The highest BCUT2D eigenvalue weighted by Crippen LogP contribution is 2.27. The standard InChI is InChI=1S/C19H17ClN4O2/c1-25-17-9-5-3-7-14(17)12-26-19-15(10-21)18(22)24(23-19)11-13-6-2-4-8-16(13)20/h2-9H,11-12,22H2,1H3. The molecule has 0 saturated heterocycles. The largest absolute Gasteiger partial charge is 0.496 e. The molecular formula is C19H17ClN4O2. The van der Waals surface area contributed by atoms with Gasteiger partial charge >= 0.3 is 0 Å². The molecule has 26 heavy (non-hydrogen) atoms. The first kappa shape index (κ1) is 17.6. The summed E-state index contributed by atoms with van der Waals surface area (Å²) >= 11 is 6.19. The summed E-state index contributed by atoms with van der Waals surface area (Å²) in [6, 6.07) is 16.9. The van der Waals surface area contributed by atoms with Crippen LogP contribution in [-0.4, -0.2) is 16.9 Å². The number of nitrogen functional groups attached to an aromatic ring is 1. The summed E-state index contributed by atoms with van der Waals surface area (Å²) in [5.74, 6) is 1.12. The Kier molecular flexibility index (Phi) is 5.30. The van der Waals surface area contributed by atoms with E-state index >= 15 is 0 Å². The highest BCUT2D eigenvalue weighted by atomic mass is 35.5. The molecular weight excluding hydrogens is 352 g/mol. The summed E-state index contributed by atoms with van der Waals surface area (Å²) in [6.07, 6.45) is 0. The van der Waals surface area contributed by atoms with Crippen LogP contribution in [-0.2, 0) is 13.2 Å². The number of ether oxygens (including phenoxy) is 2. The number of anilines is 1. The van der Waals surface area contributed by atoms with Crippen molar-refractivity contribution in [3.63, 3.8) is 0 Å². The first-order valence-electron chi connectivity index (χ1n) is 7.88. The Morgan fingerprint density at radius 3 is 2.54 bits per heavy atom. The number of hydrogen-bond acceptors (Lipinski definition) is 5. The Bertz CT molecular complexity index is 962. The molecule has 0 spiro atoms. The van der Waals surface area contributed by atoms with Gasteiger partial charge in [-0.1, -0.05) is 48.0 Å². The van der Waals surface area contributed by atoms with Crippen molar-refractivity contribution in [2.75, 3.05) is 12.8 Å². The quantitative estimate of drug-likeness (QED) is 0.718. The molecule has 2 N–H and O–H groups in total. The Labute approximate surface area is 156 Å². The molecule has 3 aromatic rings. The van der Waals surface area contributed by atoms with Gasteiger partial charge in [0.05, 0.1) is 13.7 Å². The lowest BCUT2D eigenvalue weighted by molar-refractivity contribution is 0.281. The number of benzene rings is 2. The van der Waals surface area contributed by atoms with Crippen LogP contribution in [0.1, 0.15) is 16.7 Å². The topological polar surface area (TPSA) is 86.1 Å². The average molecular weight is 369 g/mol. The van der Waals surface area contributed by atoms with Crippen LogP contribution in [0.2, 0.25) is 5.02 Å². The van der Waals surface area contributed by atoms with Crippen LogP contribution < -0.4 is 15.2 Å². The lowest BCUT2D eigenvalue weighted by atomic mass is 10.2. The molecule has 7 heteroatoms. The van der Waals surface area contributed by atoms with E-state index in [1.165, 1.54) is 4.68 Å². The predicted molar refractivity (Wildman–Crippen MR) is 99.2 cm³/mol. The van der Waals surface area contributed by atoms with Crippen LogP contribution in [0.25, 0.3) is 0 Å². The van der Waals surface area contributed by atoms with E-state index in [4.69, 9.17) is 26.8 Å². The van der Waals surface area contributed by atoms with Crippen molar-refractivity contribution in [2.24, 2.45) is 0 Å². The van der Waals surface area contributed by atoms with Gasteiger partial charge in [-0.2, -0.15) is 5.26 Å². The van der Waals surface area contributed by atoms with E-state index in [-0.39, 0.29) is 23.9 Å². The lowest BCUT2D eigenvalue weighted by Crippen LogP contribution is -2.07. The molecule has 0 bridgehead atoms. The van der Waals surface area contributed by atoms with E-state index in [1.54, 1.807) is 13.2 Å². The molecule has 0 radical (unpaired) electrons. The van der Waals surface area contributed by atoms with Crippen molar-refractivity contribution < 1.29 is 9.47 Å². The highest BCUT2D eigenvalue weighted by molar-refractivity contribution is 6.31. The van der Waals surface area contributed by atoms with Crippen molar-refractivity contribution in [1.82, 2.24) is 9.78 Å². The molecule has 3 rings (SSSR count). The van der Waals surface area contributed by atoms with Crippen LogP contribution in [0, 0.1) is 11.3 Å². The van der Waals surface area contributed by atoms with Gasteiger partial charge in [-0.15, -0.1) is 5.10 Å². The number of hydrogen-bond donors (Lipinski definition) is 1. The zero-order valence-corrected chi connectivity index (χ0v) is 14.9. The van der Waals surface area contributed by atoms with E-state index in [2.05, 4.69) is 11.2 Å². The normalized spacial score (nSPS) is 10.3. The number of halogens is 1. The van der Waals surface area contributed by atoms with Crippen LogP contribution in [0.5, 0.6) is 11.6 Å². The molecule has 2 aromatic carbocycles. The van der Waals surface area contributed by atoms with E-state index in [0.29, 0.717) is 17.3 Å². The van der Waals surface area contributed by atoms with Crippen LogP contribution >= 0.6 is 11.6 Å². The Balaban J connectivity index is 1.84. The summed E-state index contributed by atoms with van der Waals surface area (Å²) in [4.78, 5) is 0. The number of nitrogens with two attached hydrogens (primary N) is 1. The maximum atomic E-state index is 9.42. The molecule has 0 atom stereocenters. The van der Waals surface area contributed by atoms with E-state index in [1.807, 2.05) is 42.5 Å². The summed E-state index contributed by atoms with van der Waals surface area (Å²) in [5.41, 5.74) is 7.97. The second-order valence-electron chi connectivity index (χ2n) is 5.53. The fourth-order valence-corrected chi connectivity index (χ4v) is 2.73. The van der Waals surface area contributed by atoms with Gasteiger partial charge in [-0.3, -0.25) is 0 Å². The molecule has 0 unspecified atom stereocenters. The van der Waals surface area contributed by atoms with Crippen molar-refractivity contribution in [1.29, 1.82) is 5.26 Å². The average Bonchev–Trinajstić information content (AvgIpc) is 2.96. The number of rotatable bonds is 6. The van der Waals surface area contributed by atoms with Crippen molar-refractivity contribution in [3.8, 4) is 17.7 Å². The first-order chi connectivity index (χ1) is 12.6. The van der Waals surface area contributed by atoms with Gasteiger partial charge in [0.25, 0.3) is 5.88 Å². The Hall–Kier alpha value is -3.17. The lowest BCUT2D eigenvalue weighted by Gasteiger charge is -2.08. The maximum absolute atomic E-state index is 9.42.